The molecule has 150 valence electrons. The van der Waals surface area contributed by atoms with E-state index >= 15 is 0 Å². The minimum absolute atomic E-state index is 0.0454. The molecule has 0 aliphatic heterocycles. The minimum Gasteiger partial charge on any atom is -0.465 e. The summed E-state index contributed by atoms with van der Waals surface area (Å²) in [6.07, 6.45) is 10.6. The Hall–Kier alpha value is -1.44. The van der Waals surface area contributed by atoms with E-state index in [9.17, 15) is 9.59 Å². The van der Waals surface area contributed by atoms with Gasteiger partial charge >= 0.3 is 18.1 Å². The number of aliphatic imine (C=N–C) groups is 1. The molecule has 0 aromatic rings. The molecular weight excluding hydrogens is 352 g/mol. The Balaban J connectivity index is 2.38. The third kappa shape index (κ3) is 10.5. The topological polar surface area (TPSA) is 83.0 Å². The second-order valence-electron chi connectivity index (χ2n) is 6.87. The number of nitrogens with one attached hydrogen (secondary N) is 2. The van der Waals surface area contributed by atoms with Gasteiger partial charge in [0.25, 0.3) is 0 Å². The van der Waals surface area contributed by atoms with Crippen LogP contribution in [-0.2, 0) is 4.74 Å². The maximum Gasteiger partial charge on any atom is 0.347 e. The number of amides is 4. The first-order chi connectivity index (χ1) is 12.5. The van der Waals surface area contributed by atoms with Crippen LogP contribution in [0.15, 0.2) is 4.99 Å². The van der Waals surface area contributed by atoms with Crippen molar-refractivity contribution in [2.24, 2.45) is 10.9 Å². The average molecular weight is 387 g/mol. The molecule has 1 saturated carbocycles. The first-order valence-electron chi connectivity index (χ1n) is 9.64. The zero-order valence-corrected chi connectivity index (χ0v) is 17.2. The molecule has 8 heteroatoms. The van der Waals surface area contributed by atoms with Gasteiger partial charge in [0.05, 0.1) is 6.61 Å². The van der Waals surface area contributed by atoms with Crippen LogP contribution in [0.5, 0.6) is 0 Å². The lowest BCUT2D eigenvalue weighted by Gasteiger charge is -2.20. The number of carbonyl (C=O) groups is 2. The maximum absolute atomic E-state index is 12.1. The zero-order chi connectivity index (χ0) is 19.2. The SMILES string of the molecule is CCCCCCOC(=NC(=O)N(C)C)NC(=O)NSCC1CCCCC1. The molecular formula is C18H34N4O3S. The van der Waals surface area contributed by atoms with Crippen LogP contribution in [0, 0.1) is 5.92 Å². The van der Waals surface area contributed by atoms with Gasteiger partial charge in [0.2, 0.25) is 0 Å². The van der Waals surface area contributed by atoms with E-state index in [1.807, 2.05) is 0 Å². The summed E-state index contributed by atoms with van der Waals surface area (Å²) in [6.45, 7) is 2.56. The van der Waals surface area contributed by atoms with E-state index in [4.69, 9.17) is 4.74 Å². The molecule has 1 fully saturated rings. The van der Waals surface area contributed by atoms with E-state index < -0.39 is 12.1 Å². The average Bonchev–Trinajstić information content (AvgIpc) is 2.62. The Labute approximate surface area is 161 Å². The maximum atomic E-state index is 12.1. The van der Waals surface area contributed by atoms with Crippen molar-refractivity contribution in [3.63, 3.8) is 0 Å². The Morgan fingerprint density at radius 1 is 1.15 bits per heavy atom. The highest BCUT2D eigenvalue weighted by atomic mass is 32.2. The minimum atomic E-state index is -0.469. The van der Waals surface area contributed by atoms with Gasteiger partial charge in [-0.15, -0.1) is 4.99 Å². The van der Waals surface area contributed by atoms with Gasteiger partial charge in [-0.25, -0.2) is 9.59 Å². The second-order valence-corrected chi connectivity index (χ2v) is 7.70. The number of urea groups is 2. The molecule has 26 heavy (non-hydrogen) atoms. The van der Waals surface area contributed by atoms with Gasteiger partial charge in [-0.3, -0.25) is 10.0 Å². The first-order valence-corrected chi connectivity index (χ1v) is 10.6. The molecule has 0 aromatic heterocycles. The lowest BCUT2D eigenvalue weighted by atomic mass is 9.91. The zero-order valence-electron chi connectivity index (χ0n) is 16.4. The van der Waals surface area contributed by atoms with Crippen LogP contribution < -0.4 is 10.0 Å². The molecule has 0 unspecified atom stereocenters. The van der Waals surface area contributed by atoms with E-state index in [0.717, 1.165) is 31.4 Å². The number of nitrogens with zero attached hydrogens (tertiary/aromatic N) is 2. The van der Waals surface area contributed by atoms with Crippen molar-refractivity contribution in [3.8, 4) is 0 Å². The highest BCUT2D eigenvalue weighted by Crippen LogP contribution is 2.25. The van der Waals surface area contributed by atoms with Crippen molar-refractivity contribution in [3.05, 3.63) is 0 Å². The summed E-state index contributed by atoms with van der Waals surface area (Å²) in [5.74, 6) is 1.58. The molecule has 0 aromatic carbocycles. The Kier molecular flexibility index (Phi) is 11.9. The van der Waals surface area contributed by atoms with Gasteiger partial charge in [0.15, 0.2) is 0 Å². The molecule has 1 rings (SSSR count). The summed E-state index contributed by atoms with van der Waals surface area (Å²) < 4.78 is 8.25. The molecule has 7 nitrogen and oxygen atoms in total. The standard InChI is InChI=1S/C18H34N4O3S/c1-4-5-6-10-13-25-17(20-18(24)22(2)3)19-16(23)21-26-14-15-11-8-7-9-12-15/h15H,4-14H2,1-3H3,(H2,19,20,21,23,24). The normalized spacial score (nSPS) is 15.4. The molecule has 0 saturated heterocycles. The summed E-state index contributed by atoms with van der Waals surface area (Å²) in [7, 11) is 3.20. The van der Waals surface area contributed by atoms with Crippen molar-refractivity contribution in [2.45, 2.75) is 64.7 Å². The van der Waals surface area contributed by atoms with Gasteiger partial charge in [0.1, 0.15) is 0 Å². The van der Waals surface area contributed by atoms with Crippen LogP contribution in [0.4, 0.5) is 9.59 Å². The number of unbranched alkanes of at least 4 members (excludes halogenated alkanes) is 3. The summed E-state index contributed by atoms with van der Waals surface area (Å²) in [4.78, 5) is 29.0. The first kappa shape index (κ1) is 22.6. The highest BCUT2D eigenvalue weighted by Gasteiger charge is 2.15. The smallest absolute Gasteiger partial charge is 0.347 e. The van der Waals surface area contributed by atoms with Crippen LogP contribution in [-0.4, -0.2) is 49.4 Å². The van der Waals surface area contributed by atoms with Gasteiger partial charge in [0, 0.05) is 19.8 Å². The molecule has 2 N–H and O–H groups in total. The largest absolute Gasteiger partial charge is 0.465 e. The number of hydrogen-bond donors (Lipinski definition) is 2. The molecule has 0 bridgehead atoms. The number of carbonyl (C=O) groups excluding carboxylic acids is 2. The van der Waals surface area contributed by atoms with Crippen LogP contribution in [0.2, 0.25) is 0 Å². The fourth-order valence-corrected chi connectivity index (χ4v) is 3.52. The third-order valence-corrected chi connectivity index (χ3v) is 5.21. The number of ether oxygens (including phenoxy) is 1. The molecule has 1 aliphatic carbocycles. The summed E-state index contributed by atoms with van der Waals surface area (Å²) >= 11 is 1.40. The summed E-state index contributed by atoms with van der Waals surface area (Å²) in [5, 5.41) is 2.54. The predicted octanol–water partition coefficient (Wildman–Crippen LogP) is 4.15. The van der Waals surface area contributed by atoms with Gasteiger partial charge in [-0.05, 0) is 37.1 Å². The van der Waals surface area contributed by atoms with Crippen molar-refractivity contribution in [1.82, 2.24) is 14.9 Å². The molecule has 0 heterocycles. The van der Waals surface area contributed by atoms with Crippen LogP contribution >= 0.6 is 11.9 Å². The lowest BCUT2D eigenvalue weighted by molar-refractivity contribution is 0.223. The Morgan fingerprint density at radius 2 is 1.88 bits per heavy atom. The lowest BCUT2D eigenvalue weighted by Crippen LogP contribution is -2.39. The Bertz CT molecular complexity index is 452. The Morgan fingerprint density at radius 3 is 2.54 bits per heavy atom. The van der Waals surface area contributed by atoms with Crippen LogP contribution in [0.1, 0.15) is 64.7 Å². The van der Waals surface area contributed by atoms with Gasteiger partial charge in [-0.1, -0.05) is 45.4 Å². The highest BCUT2D eigenvalue weighted by molar-refractivity contribution is 7.97. The van der Waals surface area contributed by atoms with E-state index in [2.05, 4.69) is 22.0 Å². The van der Waals surface area contributed by atoms with E-state index in [1.165, 1.54) is 49.0 Å². The number of amidine groups is 1. The van der Waals surface area contributed by atoms with Crippen molar-refractivity contribution in [1.29, 1.82) is 0 Å². The van der Waals surface area contributed by atoms with Crippen molar-refractivity contribution >= 4 is 30.0 Å². The number of hydrogen-bond acceptors (Lipinski definition) is 4. The number of rotatable bonds is 8. The van der Waals surface area contributed by atoms with Crippen molar-refractivity contribution in [2.75, 3.05) is 26.5 Å². The van der Waals surface area contributed by atoms with Gasteiger partial charge < -0.3 is 9.64 Å². The van der Waals surface area contributed by atoms with Crippen molar-refractivity contribution < 1.29 is 14.3 Å². The fourth-order valence-electron chi connectivity index (χ4n) is 2.68. The molecule has 0 radical (unpaired) electrons. The molecule has 4 amide bonds. The quantitative estimate of drug-likeness (QED) is 0.284. The summed E-state index contributed by atoms with van der Waals surface area (Å²) in [5.41, 5.74) is 0. The van der Waals surface area contributed by atoms with Crippen LogP contribution in [0.3, 0.4) is 0 Å². The van der Waals surface area contributed by atoms with E-state index in [-0.39, 0.29) is 6.02 Å². The fraction of sp³-hybridized carbons (Fsp3) is 0.833. The van der Waals surface area contributed by atoms with E-state index in [0.29, 0.717) is 12.5 Å². The second kappa shape index (κ2) is 13.7. The van der Waals surface area contributed by atoms with Crippen LogP contribution in [0.25, 0.3) is 0 Å². The van der Waals surface area contributed by atoms with E-state index in [1.54, 1.807) is 14.1 Å². The third-order valence-electron chi connectivity index (χ3n) is 4.25. The molecule has 0 spiro atoms. The predicted molar refractivity (Wildman–Crippen MR) is 107 cm³/mol. The molecule has 1 aliphatic rings. The monoisotopic (exact) mass is 386 g/mol. The van der Waals surface area contributed by atoms with Gasteiger partial charge in [-0.2, -0.15) is 0 Å². The molecule has 0 atom stereocenters. The summed E-state index contributed by atoms with van der Waals surface area (Å²) in [6, 6.07) is -0.927.